The standard InChI is InChI=1S/C28H31F3N6O3/c1-36(17-19-6-5-13-32-16-19)27(40)21-11-9-20(10-12-21)25(38)33-14-15-34-26(39)23-18-37(22-7-3-2-4-8-22)35-24(23)28(29,30)31/h2-8,13,16,18,20-21H,9-12,14-15,17H2,1H3,(H,33,38)(H,34,39)/t20-,21-. The van der Waals surface area contributed by atoms with Crippen LogP contribution in [-0.2, 0) is 22.3 Å². The highest BCUT2D eigenvalue weighted by Gasteiger charge is 2.39. The quantitative estimate of drug-likeness (QED) is 0.392. The molecule has 4 rings (SSSR count). The first-order chi connectivity index (χ1) is 19.1. The molecule has 9 nitrogen and oxygen atoms in total. The highest BCUT2D eigenvalue weighted by molar-refractivity contribution is 5.95. The third-order valence-electron chi connectivity index (χ3n) is 6.92. The third kappa shape index (κ3) is 7.25. The molecule has 0 unspecified atom stereocenters. The number of carbonyl (C=O) groups excluding carboxylic acids is 3. The summed E-state index contributed by atoms with van der Waals surface area (Å²) >= 11 is 0. The molecule has 0 radical (unpaired) electrons. The van der Waals surface area contributed by atoms with Gasteiger partial charge in [-0.3, -0.25) is 19.4 Å². The first-order valence-corrected chi connectivity index (χ1v) is 13.1. The molecular weight excluding hydrogens is 525 g/mol. The molecule has 0 aliphatic heterocycles. The van der Waals surface area contributed by atoms with Gasteiger partial charge < -0.3 is 15.5 Å². The lowest BCUT2D eigenvalue weighted by molar-refractivity contribution is -0.141. The summed E-state index contributed by atoms with van der Waals surface area (Å²) in [7, 11) is 1.76. The molecule has 0 bridgehead atoms. The summed E-state index contributed by atoms with van der Waals surface area (Å²) in [5, 5.41) is 8.73. The highest BCUT2D eigenvalue weighted by atomic mass is 19.4. The number of benzene rings is 1. The Morgan fingerprint density at radius 1 is 0.975 bits per heavy atom. The number of hydrogen-bond acceptors (Lipinski definition) is 5. The number of amides is 3. The van der Waals surface area contributed by atoms with E-state index in [2.05, 4.69) is 20.7 Å². The Morgan fingerprint density at radius 2 is 1.65 bits per heavy atom. The molecule has 0 atom stereocenters. The number of hydrogen-bond donors (Lipinski definition) is 2. The number of nitrogens with one attached hydrogen (secondary N) is 2. The van der Waals surface area contributed by atoms with Gasteiger partial charge in [-0.2, -0.15) is 18.3 Å². The van der Waals surface area contributed by atoms with Crippen LogP contribution >= 0.6 is 0 Å². The van der Waals surface area contributed by atoms with E-state index in [-0.39, 0.29) is 36.7 Å². The average molecular weight is 557 g/mol. The van der Waals surface area contributed by atoms with Gasteiger partial charge in [-0.15, -0.1) is 0 Å². The van der Waals surface area contributed by atoms with Gasteiger partial charge in [0.15, 0.2) is 5.69 Å². The zero-order valence-electron chi connectivity index (χ0n) is 22.0. The second-order valence-electron chi connectivity index (χ2n) is 9.82. The molecule has 3 aromatic rings. The molecule has 40 heavy (non-hydrogen) atoms. The van der Waals surface area contributed by atoms with Crippen LogP contribution in [0.25, 0.3) is 5.69 Å². The Bertz CT molecular complexity index is 1310. The van der Waals surface area contributed by atoms with Crippen molar-refractivity contribution < 1.29 is 27.6 Å². The zero-order valence-corrected chi connectivity index (χ0v) is 22.0. The second kappa shape index (κ2) is 12.8. The SMILES string of the molecule is CN(Cc1cccnc1)C(=O)[C@H]1CC[C@H](C(=O)NCCNC(=O)c2cn(-c3ccccc3)nc2C(F)(F)F)CC1. The van der Waals surface area contributed by atoms with Gasteiger partial charge in [0.1, 0.15) is 0 Å². The average Bonchev–Trinajstić information content (AvgIpc) is 3.43. The number of pyridine rings is 1. The van der Waals surface area contributed by atoms with Crippen molar-refractivity contribution in [3.05, 3.63) is 77.9 Å². The fraction of sp³-hybridized carbons (Fsp3) is 0.393. The van der Waals surface area contributed by atoms with Crippen molar-refractivity contribution in [1.29, 1.82) is 0 Å². The van der Waals surface area contributed by atoms with E-state index in [9.17, 15) is 27.6 Å². The summed E-state index contributed by atoms with van der Waals surface area (Å²) in [6.07, 6.45) is 1.94. The van der Waals surface area contributed by atoms with Crippen LogP contribution in [0.1, 0.15) is 47.3 Å². The van der Waals surface area contributed by atoms with Crippen molar-refractivity contribution in [2.75, 3.05) is 20.1 Å². The topological polar surface area (TPSA) is 109 Å². The minimum absolute atomic E-state index is 0.0410. The van der Waals surface area contributed by atoms with E-state index in [0.717, 1.165) is 16.4 Å². The molecule has 1 aliphatic rings. The van der Waals surface area contributed by atoms with Crippen molar-refractivity contribution in [1.82, 2.24) is 30.3 Å². The monoisotopic (exact) mass is 556 g/mol. The first-order valence-electron chi connectivity index (χ1n) is 13.1. The van der Waals surface area contributed by atoms with Crippen molar-refractivity contribution in [2.45, 2.75) is 38.4 Å². The van der Waals surface area contributed by atoms with Crippen molar-refractivity contribution >= 4 is 17.7 Å². The smallest absolute Gasteiger partial charge is 0.354 e. The molecule has 1 aliphatic carbocycles. The predicted molar refractivity (Wildman–Crippen MR) is 140 cm³/mol. The van der Waals surface area contributed by atoms with Gasteiger partial charge in [0.25, 0.3) is 5.91 Å². The summed E-state index contributed by atoms with van der Waals surface area (Å²) in [6.45, 7) is 0.479. The Morgan fingerprint density at radius 3 is 2.30 bits per heavy atom. The molecule has 1 saturated carbocycles. The molecular formula is C28H31F3N6O3. The van der Waals surface area contributed by atoms with E-state index < -0.39 is 23.3 Å². The van der Waals surface area contributed by atoms with Crippen LogP contribution < -0.4 is 10.6 Å². The van der Waals surface area contributed by atoms with Crippen LogP contribution in [0.2, 0.25) is 0 Å². The summed E-state index contributed by atoms with van der Waals surface area (Å²) < 4.78 is 41.6. The van der Waals surface area contributed by atoms with Crippen molar-refractivity contribution in [3.8, 4) is 5.69 Å². The minimum Gasteiger partial charge on any atom is -0.354 e. The van der Waals surface area contributed by atoms with E-state index in [1.54, 1.807) is 54.7 Å². The van der Waals surface area contributed by atoms with Crippen LogP contribution in [0.5, 0.6) is 0 Å². The summed E-state index contributed by atoms with van der Waals surface area (Å²) in [4.78, 5) is 43.8. The molecule has 1 aromatic carbocycles. The summed E-state index contributed by atoms with van der Waals surface area (Å²) in [6, 6.07) is 11.9. The Hall–Kier alpha value is -4.22. The van der Waals surface area contributed by atoms with Gasteiger partial charge >= 0.3 is 6.18 Å². The molecule has 3 amide bonds. The van der Waals surface area contributed by atoms with Gasteiger partial charge in [-0.25, -0.2) is 4.68 Å². The maximum Gasteiger partial charge on any atom is 0.435 e. The number of para-hydroxylation sites is 1. The zero-order chi connectivity index (χ0) is 28.7. The fourth-order valence-electron chi connectivity index (χ4n) is 4.82. The molecule has 2 N–H and O–H groups in total. The summed E-state index contributed by atoms with van der Waals surface area (Å²) in [5.74, 6) is -1.50. The van der Waals surface area contributed by atoms with Crippen LogP contribution in [0.3, 0.4) is 0 Å². The lowest BCUT2D eigenvalue weighted by Crippen LogP contribution is -2.40. The Labute approximate surface area is 229 Å². The van der Waals surface area contributed by atoms with Crippen LogP contribution in [0.4, 0.5) is 13.2 Å². The molecule has 0 spiro atoms. The van der Waals surface area contributed by atoms with Crippen LogP contribution in [0.15, 0.2) is 61.1 Å². The normalized spacial score (nSPS) is 17.2. The molecule has 0 saturated heterocycles. The molecule has 212 valence electrons. The van der Waals surface area contributed by atoms with Crippen LogP contribution in [-0.4, -0.2) is 57.5 Å². The van der Waals surface area contributed by atoms with Gasteiger partial charge in [0, 0.05) is 57.1 Å². The highest BCUT2D eigenvalue weighted by Crippen LogP contribution is 2.32. The predicted octanol–water partition coefficient (Wildman–Crippen LogP) is 3.60. The van der Waals surface area contributed by atoms with Crippen molar-refractivity contribution in [2.24, 2.45) is 11.8 Å². The Kier molecular flexibility index (Phi) is 9.18. The van der Waals surface area contributed by atoms with Gasteiger partial charge in [0.05, 0.1) is 11.3 Å². The minimum atomic E-state index is -4.81. The molecule has 1 fully saturated rings. The largest absolute Gasteiger partial charge is 0.435 e. The number of alkyl halides is 3. The van der Waals surface area contributed by atoms with E-state index in [1.807, 2.05) is 12.1 Å². The van der Waals surface area contributed by atoms with E-state index in [0.29, 0.717) is 37.9 Å². The van der Waals surface area contributed by atoms with Crippen LogP contribution in [0, 0.1) is 11.8 Å². The van der Waals surface area contributed by atoms with E-state index in [4.69, 9.17) is 0 Å². The molecule has 2 heterocycles. The number of halogens is 3. The third-order valence-corrected chi connectivity index (χ3v) is 6.92. The van der Waals surface area contributed by atoms with Crippen molar-refractivity contribution in [3.63, 3.8) is 0 Å². The Balaban J connectivity index is 1.22. The number of carbonyl (C=O) groups is 3. The lowest BCUT2D eigenvalue weighted by Gasteiger charge is -2.30. The number of nitrogens with zero attached hydrogens (tertiary/aromatic N) is 4. The lowest BCUT2D eigenvalue weighted by atomic mass is 9.81. The molecule has 12 heteroatoms. The molecule has 2 aromatic heterocycles. The fourth-order valence-corrected chi connectivity index (χ4v) is 4.82. The number of rotatable bonds is 9. The van der Waals surface area contributed by atoms with Gasteiger partial charge in [-0.1, -0.05) is 24.3 Å². The second-order valence-corrected chi connectivity index (χ2v) is 9.82. The van der Waals surface area contributed by atoms with E-state index >= 15 is 0 Å². The van der Waals surface area contributed by atoms with E-state index in [1.165, 1.54) is 0 Å². The maximum absolute atomic E-state index is 13.5. The van der Waals surface area contributed by atoms with Gasteiger partial charge in [0.2, 0.25) is 11.8 Å². The van der Waals surface area contributed by atoms with Gasteiger partial charge in [-0.05, 0) is 49.4 Å². The first kappa shape index (κ1) is 28.8. The summed E-state index contributed by atoms with van der Waals surface area (Å²) in [5.41, 5.74) is -0.552. The number of aromatic nitrogens is 3. The maximum atomic E-state index is 13.5.